The average molecular weight is 388 g/mol. The predicted octanol–water partition coefficient (Wildman–Crippen LogP) is 4.78. The monoisotopic (exact) mass is 388 g/mol. The van der Waals surface area contributed by atoms with Crippen molar-refractivity contribution in [3.8, 4) is 17.0 Å². The number of rotatable bonds is 6. The Morgan fingerprint density at radius 2 is 1.81 bits per heavy atom. The fourth-order valence-electron chi connectivity index (χ4n) is 2.39. The Kier molecular flexibility index (Phi) is 5.56. The zero-order valence-electron chi connectivity index (χ0n) is 14.1. The number of aromatic nitrogens is 1. The predicted molar refractivity (Wildman–Crippen MR) is 98.7 cm³/mol. The number of amides is 1. The minimum atomic E-state index is -2.88. The first kappa shape index (κ1) is 18.7. The Balaban J connectivity index is 1.75. The van der Waals surface area contributed by atoms with Gasteiger partial charge in [0.25, 0.3) is 5.91 Å². The van der Waals surface area contributed by atoms with Gasteiger partial charge in [0.1, 0.15) is 12.0 Å². The molecule has 0 bridgehead atoms. The van der Waals surface area contributed by atoms with E-state index in [2.05, 4.69) is 15.0 Å². The molecule has 5 nitrogen and oxygen atoms in total. The molecule has 0 aliphatic rings. The molecule has 0 aliphatic carbocycles. The zero-order valence-corrected chi connectivity index (χ0v) is 14.9. The highest BCUT2D eigenvalue weighted by Gasteiger charge is 2.14. The Bertz CT molecular complexity index is 954. The van der Waals surface area contributed by atoms with Crippen molar-refractivity contribution in [1.82, 2.24) is 4.98 Å². The van der Waals surface area contributed by atoms with Crippen LogP contribution in [0.5, 0.6) is 5.75 Å². The van der Waals surface area contributed by atoms with Gasteiger partial charge in [0.2, 0.25) is 0 Å². The van der Waals surface area contributed by atoms with Crippen molar-refractivity contribution >= 4 is 28.7 Å². The molecule has 1 heterocycles. The van der Waals surface area contributed by atoms with Crippen molar-refractivity contribution in [1.29, 1.82) is 0 Å². The quantitative estimate of drug-likeness (QED) is 0.617. The van der Waals surface area contributed by atoms with E-state index in [-0.39, 0.29) is 11.7 Å². The summed E-state index contributed by atoms with van der Waals surface area (Å²) in [6.45, 7) is -1.02. The summed E-state index contributed by atoms with van der Waals surface area (Å²) in [6.07, 6.45) is 0.704. The van der Waals surface area contributed by atoms with E-state index in [1.54, 1.807) is 36.4 Å². The smallest absolute Gasteiger partial charge is 0.387 e. The van der Waals surface area contributed by atoms with Crippen molar-refractivity contribution < 1.29 is 23.1 Å². The van der Waals surface area contributed by atoms with Crippen molar-refractivity contribution in [2.45, 2.75) is 13.5 Å². The van der Waals surface area contributed by atoms with Gasteiger partial charge in [-0.15, -0.1) is 11.3 Å². The van der Waals surface area contributed by atoms with E-state index in [9.17, 15) is 18.4 Å². The molecule has 0 spiro atoms. The van der Waals surface area contributed by atoms with Gasteiger partial charge >= 0.3 is 6.61 Å². The lowest BCUT2D eigenvalue weighted by molar-refractivity contribution is -0.0498. The Morgan fingerprint density at radius 3 is 2.41 bits per heavy atom. The van der Waals surface area contributed by atoms with E-state index in [0.29, 0.717) is 28.2 Å². The lowest BCUT2D eigenvalue weighted by Gasteiger charge is -2.05. The number of benzene rings is 2. The first-order valence-electron chi connectivity index (χ1n) is 7.85. The summed E-state index contributed by atoms with van der Waals surface area (Å²) >= 11 is 1.30. The summed E-state index contributed by atoms with van der Waals surface area (Å²) < 4.78 is 28.8. The topological polar surface area (TPSA) is 68.3 Å². The van der Waals surface area contributed by atoms with Crippen LogP contribution in [-0.4, -0.2) is 23.8 Å². The molecule has 0 radical (unpaired) electrons. The van der Waals surface area contributed by atoms with Gasteiger partial charge in [-0.25, -0.2) is 4.98 Å². The number of thiazole rings is 1. The number of nitrogens with zero attached hydrogens (tertiary/aromatic N) is 1. The fourth-order valence-corrected chi connectivity index (χ4v) is 3.23. The van der Waals surface area contributed by atoms with Crippen LogP contribution >= 0.6 is 11.3 Å². The standard InChI is InChI=1S/C19H14F2N2O3S/c1-11-16(13-6-8-15(9-7-13)26-18(20)21)22-19(27-11)23-17(25)14-4-2-12(10-24)3-5-14/h2-10,18H,1H3,(H,22,23,25). The molecule has 3 aromatic rings. The molecule has 27 heavy (non-hydrogen) atoms. The Hall–Kier alpha value is -3.13. The number of aryl methyl sites for hydroxylation is 1. The second-order valence-corrected chi connectivity index (χ2v) is 6.72. The number of nitrogens with one attached hydrogen (secondary N) is 1. The van der Waals surface area contributed by atoms with Gasteiger partial charge in [-0.3, -0.25) is 14.9 Å². The normalized spacial score (nSPS) is 10.7. The highest BCUT2D eigenvalue weighted by Crippen LogP contribution is 2.31. The van der Waals surface area contributed by atoms with Gasteiger partial charge < -0.3 is 4.74 Å². The van der Waals surface area contributed by atoms with Crippen molar-refractivity contribution in [2.24, 2.45) is 0 Å². The molecule has 0 aliphatic heterocycles. The summed E-state index contributed by atoms with van der Waals surface area (Å²) in [5.74, 6) is -0.276. The highest BCUT2D eigenvalue weighted by atomic mass is 32.1. The molecule has 2 aromatic carbocycles. The molecule has 1 amide bonds. The Morgan fingerprint density at radius 1 is 1.15 bits per heavy atom. The number of aldehydes is 1. The summed E-state index contributed by atoms with van der Waals surface area (Å²) in [6, 6.07) is 12.4. The van der Waals surface area contributed by atoms with E-state index in [1.807, 2.05) is 6.92 Å². The van der Waals surface area contributed by atoms with Crippen LogP contribution in [0.3, 0.4) is 0 Å². The third-order valence-electron chi connectivity index (χ3n) is 3.68. The third kappa shape index (κ3) is 4.53. The molecule has 8 heteroatoms. The number of carbonyl (C=O) groups excluding carboxylic acids is 2. The molecule has 0 saturated heterocycles. The summed E-state index contributed by atoms with van der Waals surface area (Å²) in [5, 5.41) is 3.14. The molecular weight excluding hydrogens is 374 g/mol. The van der Waals surface area contributed by atoms with E-state index in [0.717, 1.165) is 10.4 Å². The van der Waals surface area contributed by atoms with Gasteiger partial charge in [0.15, 0.2) is 5.13 Å². The van der Waals surface area contributed by atoms with Crippen LogP contribution in [0.4, 0.5) is 13.9 Å². The summed E-state index contributed by atoms with van der Waals surface area (Å²) in [7, 11) is 0. The van der Waals surface area contributed by atoms with Crippen molar-refractivity contribution in [3.63, 3.8) is 0 Å². The van der Waals surface area contributed by atoms with Crippen LogP contribution in [0.1, 0.15) is 25.6 Å². The maximum atomic E-state index is 12.3. The van der Waals surface area contributed by atoms with E-state index in [4.69, 9.17) is 0 Å². The number of halogens is 2. The van der Waals surface area contributed by atoms with Crippen molar-refractivity contribution in [2.75, 3.05) is 5.32 Å². The second-order valence-electron chi connectivity index (χ2n) is 5.52. The third-order valence-corrected chi connectivity index (χ3v) is 4.57. The minimum absolute atomic E-state index is 0.0638. The van der Waals surface area contributed by atoms with Crippen LogP contribution < -0.4 is 10.1 Å². The molecule has 0 fully saturated rings. The van der Waals surface area contributed by atoms with Crippen LogP contribution in [0.15, 0.2) is 48.5 Å². The molecule has 0 unspecified atom stereocenters. The van der Waals surface area contributed by atoms with E-state index < -0.39 is 6.61 Å². The number of carbonyl (C=O) groups is 2. The van der Waals surface area contributed by atoms with Gasteiger partial charge in [-0.2, -0.15) is 8.78 Å². The van der Waals surface area contributed by atoms with Gasteiger partial charge in [0, 0.05) is 21.6 Å². The maximum Gasteiger partial charge on any atom is 0.387 e. The number of alkyl halides is 2. The molecular formula is C19H14F2N2O3S. The summed E-state index contributed by atoms with van der Waals surface area (Å²) in [4.78, 5) is 28.2. The van der Waals surface area contributed by atoms with Gasteiger partial charge in [0.05, 0.1) is 5.69 Å². The van der Waals surface area contributed by atoms with E-state index >= 15 is 0 Å². The number of hydrogen-bond acceptors (Lipinski definition) is 5. The molecule has 1 aromatic heterocycles. The number of ether oxygens (including phenoxy) is 1. The maximum absolute atomic E-state index is 12.3. The summed E-state index contributed by atoms with van der Waals surface area (Å²) in [5.41, 5.74) is 2.26. The van der Waals surface area contributed by atoms with Gasteiger partial charge in [-0.05, 0) is 43.3 Å². The molecule has 138 valence electrons. The van der Waals surface area contributed by atoms with Crippen molar-refractivity contribution in [3.05, 3.63) is 64.5 Å². The Labute approximate surface area is 157 Å². The lowest BCUT2D eigenvalue weighted by Crippen LogP contribution is -2.11. The highest BCUT2D eigenvalue weighted by molar-refractivity contribution is 7.16. The largest absolute Gasteiger partial charge is 0.435 e. The van der Waals surface area contributed by atoms with Gasteiger partial charge in [-0.1, -0.05) is 12.1 Å². The average Bonchev–Trinajstić information content (AvgIpc) is 3.02. The van der Waals surface area contributed by atoms with Crippen LogP contribution in [0.2, 0.25) is 0 Å². The molecule has 1 N–H and O–H groups in total. The van der Waals surface area contributed by atoms with E-state index in [1.165, 1.54) is 23.5 Å². The second kappa shape index (κ2) is 8.05. The zero-order chi connectivity index (χ0) is 19.4. The minimum Gasteiger partial charge on any atom is -0.435 e. The number of hydrogen-bond donors (Lipinski definition) is 1. The first-order chi connectivity index (χ1) is 13.0. The SMILES string of the molecule is Cc1sc(NC(=O)c2ccc(C=O)cc2)nc1-c1ccc(OC(F)F)cc1. The van der Waals surface area contributed by atoms with Crippen LogP contribution in [0.25, 0.3) is 11.3 Å². The molecule has 0 atom stereocenters. The first-order valence-corrected chi connectivity index (χ1v) is 8.67. The molecule has 0 saturated carbocycles. The number of anilines is 1. The van der Waals surface area contributed by atoms with Crippen LogP contribution in [-0.2, 0) is 0 Å². The van der Waals surface area contributed by atoms with Crippen LogP contribution in [0, 0.1) is 6.92 Å². The molecule has 3 rings (SSSR count). The lowest BCUT2D eigenvalue weighted by atomic mass is 10.1. The fraction of sp³-hybridized carbons (Fsp3) is 0.105.